The number of carbonyl (C=O) groups is 3. The van der Waals surface area contributed by atoms with Gasteiger partial charge in [-0.05, 0) is 88.7 Å². The largest absolute Gasteiger partial charge is 0.462 e. The summed E-state index contributed by atoms with van der Waals surface area (Å²) in [5, 5.41) is 34.2. The molecule has 0 radical (unpaired) electrons. The van der Waals surface area contributed by atoms with E-state index in [-0.39, 0.29) is 36.1 Å². The van der Waals surface area contributed by atoms with Crippen LogP contribution >= 0.6 is 0 Å². The lowest BCUT2D eigenvalue weighted by molar-refractivity contribution is -0.227. The molecule has 216 valence electrons. The molecule has 2 saturated heterocycles. The molecule has 9 heteroatoms. The molecular formula is C30H42O9. The molecular weight excluding hydrogens is 504 g/mol. The summed E-state index contributed by atoms with van der Waals surface area (Å²) in [5.74, 6) is -2.28. The highest BCUT2D eigenvalue weighted by Crippen LogP contribution is 2.73. The standard InChI is InChI=1S/C30H42O9/c1-14-25(34)38-23(13-27(14,4)35)29(6,36)24-19(37-15(2)31)12-18-16-11-22-30(39-22)21(33)8-7-20(32)28(30,5)17(16)9-10-26(18,24)3/h7-8,14,16-19,21-24,33,35-36H,9-13H2,1-6H3/t14-,16+,17-,18-,19-,21-,22+,23+,24-,26-,27+,28-,29-,30+/m0/s1. The summed E-state index contributed by atoms with van der Waals surface area (Å²) in [7, 11) is 0. The van der Waals surface area contributed by atoms with E-state index in [1.54, 1.807) is 26.8 Å². The molecule has 2 heterocycles. The van der Waals surface area contributed by atoms with Crippen LogP contribution in [0.5, 0.6) is 0 Å². The van der Waals surface area contributed by atoms with Crippen molar-refractivity contribution in [2.24, 2.45) is 40.4 Å². The molecule has 0 aromatic carbocycles. The summed E-state index contributed by atoms with van der Waals surface area (Å²) in [6.45, 7) is 10.3. The predicted octanol–water partition coefficient (Wildman–Crippen LogP) is 2.09. The van der Waals surface area contributed by atoms with Crippen molar-refractivity contribution in [3.05, 3.63) is 12.2 Å². The van der Waals surface area contributed by atoms with Gasteiger partial charge in [-0.25, -0.2) is 0 Å². The van der Waals surface area contributed by atoms with Crippen LogP contribution < -0.4 is 0 Å². The highest BCUT2D eigenvalue weighted by atomic mass is 16.6. The Morgan fingerprint density at radius 3 is 2.51 bits per heavy atom. The molecule has 0 amide bonds. The molecule has 0 bridgehead atoms. The summed E-state index contributed by atoms with van der Waals surface area (Å²) < 4.78 is 17.8. The molecule has 4 aliphatic carbocycles. The highest BCUT2D eigenvalue weighted by molar-refractivity contribution is 5.98. The first kappa shape index (κ1) is 27.4. The molecule has 9 nitrogen and oxygen atoms in total. The van der Waals surface area contributed by atoms with E-state index >= 15 is 0 Å². The Balaban J connectivity index is 1.38. The zero-order valence-electron chi connectivity index (χ0n) is 23.7. The van der Waals surface area contributed by atoms with Crippen molar-refractivity contribution in [3.63, 3.8) is 0 Å². The Morgan fingerprint density at radius 2 is 1.87 bits per heavy atom. The third-order valence-electron chi connectivity index (χ3n) is 12.4. The van der Waals surface area contributed by atoms with Crippen molar-refractivity contribution in [2.45, 2.75) is 115 Å². The minimum absolute atomic E-state index is 0.00525. The van der Waals surface area contributed by atoms with Crippen molar-refractivity contribution in [2.75, 3.05) is 0 Å². The minimum Gasteiger partial charge on any atom is -0.462 e. The first-order chi connectivity index (χ1) is 18.0. The number of hydrogen-bond donors (Lipinski definition) is 3. The first-order valence-electron chi connectivity index (χ1n) is 14.4. The summed E-state index contributed by atoms with van der Waals surface area (Å²) >= 11 is 0. The van der Waals surface area contributed by atoms with Crippen LogP contribution in [-0.4, -0.2) is 74.3 Å². The van der Waals surface area contributed by atoms with Gasteiger partial charge in [0.05, 0.1) is 23.0 Å². The van der Waals surface area contributed by atoms with E-state index in [0.717, 1.165) is 0 Å². The van der Waals surface area contributed by atoms with E-state index in [0.29, 0.717) is 25.7 Å². The van der Waals surface area contributed by atoms with Crippen LogP contribution in [-0.2, 0) is 28.6 Å². The number of ether oxygens (including phenoxy) is 3. The second-order valence-corrected chi connectivity index (χ2v) is 14.2. The number of fused-ring (bicyclic) bond motifs is 4. The van der Waals surface area contributed by atoms with E-state index in [9.17, 15) is 29.7 Å². The fraction of sp³-hybridized carbons (Fsp3) is 0.833. The molecule has 5 fully saturated rings. The Hall–Kier alpha value is -1.81. The van der Waals surface area contributed by atoms with Gasteiger partial charge in [0.2, 0.25) is 0 Å². The predicted molar refractivity (Wildman–Crippen MR) is 137 cm³/mol. The van der Waals surface area contributed by atoms with Gasteiger partial charge in [-0.2, -0.15) is 0 Å². The van der Waals surface area contributed by atoms with Gasteiger partial charge in [0.1, 0.15) is 29.5 Å². The van der Waals surface area contributed by atoms with Gasteiger partial charge in [0.25, 0.3) is 0 Å². The number of aliphatic hydroxyl groups excluding tert-OH is 1. The third-order valence-corrected chi connectivity index (χ3v) is 12.4. The number of aliphatic hydroxyl groups is 3. The second-order valence-electron chi connectivity index (χ2n) is 14.2. The molecule has 2 aliphatic heterocycles. The number of cyclic esters (lactones) is 1. The summed E-state index contributed by atoms with van der Waals surface area (Å²) in [4.78, 5) is 38.4. The number of carbonyl (C=O) groups excluding carboxylic acids is 3. The Kier molecular flexibility index (Phi) is 5.71. The fourth-order valence-electron chi connectivity index (χ4n) is 10.2. The lowest BCUT2D eigenvalue weighted by atomic mass is 9.44. The average Bonchev–Trinajstić information content (AvgIpc) is 3.49. The lowest BCUT2D eigenvalue weighted by Gasteiger charge is -2.59. The Morgan fingerprint density at radius 1 is 1.18 bits per heavy atom. The maximum Gasteiger partial charge on any atom is 0.311 e. The van der Waals surface area contributed by atoms with Crippen molar-refractivity contribution in [1.82, 2.24) is 0 Å². The monoisotopic (exact) mass is 546 g/mol. The zero-order valence-corrected chi connectivity index (χ0v) is 23.7. The van der Waals surface area contributed by atoms with Crippen LogP contribution in [0, 0.1) is 40.4 Å². The smallest absolute Gasteiger partial charge is 0.311 e. The highest BCUT2D eigenvalue weighted by Gasteiger charge is 2.81. The number of rotatable bonds is 3. The van der Waals surface area contributed by atoms with E-state index < -0.39 is 69.7 Å². The van der Waals surface area contributed by atoms with E-state index in [1.807, 2.05) is 6.92 Å². The third kappa shape index (κ3) is 3.36. The summed E-state index contributed by atoms with van der Waals surface area (Å²) in [6, 6.07) is 0. The number of allylic oxidation sites excluding steroid dienone is 1. The number of ketones is 1. The first-order valence-corrected chi connectivity index (χ1v) is 14.4. The van der Waals surface area contributed by atoms with Crippen LogP contribution in [0.3, 0.4) is 0 Å². The molecule has 6 rings (SSSR count). The van der Waals surface area contributed by atoms with Crippen LogP contribution in [0.1, 0.15) is 73.6 Å². The zero-order chi connectivity index (χ0) is 28.5. The Labute approximate surface area is 229 Å². The molecule has 6 aliphatic rings. The van der Waals surface area contributed by atoms with E-state index in [4.69, 9.17) is 14.2 Å². The van der Waals surface area contributed by atoms with Crippen molar-refractivity contribution in [3.8, 4) is 0 Å². The van der Waals surface area contributed by atoms with Gasteiger partial charge in [-0.3, -0.25) is 14.4 Å². The second kappa shape index (κ2) is 8.14. The van der Waals surface area contributed by atoms with Crippen molar-refractivity contribution >= 4 is 17.7 Å². The topological polar surface area (TPSA) is 143 Å². The summed E-state index contributed by atoms with van der Waals surface area (Å²) in [5.41, 5.74) is -5.18. The SMILES string of the molecule is CC(=O)O[C@H]1C[C@H]2[C@@H]3C[C@H]4O[C@]45[C@@H](O)C=CC(=O)[C@]5(C)[C@H]3CC[C@]2(C)[C@H]1[C@@](C)(O)[C@H]1C[C@@](C)(O)[C@@H](C)C(=O)O1. The molecule has 1 spiro atoms. The van der Waals surface area contributed by atoms with Crippen molar-refractivity contribution < 1.29 is 43.9 Å². The van der Waals surface area contributed by atoms with E-state index in [1.165, 1.54) is 13.0 Å². The molecule has 0 unspecified atom stereocenters. The molecule has 0 aromatic heterocycles. The maximum atomic E-state index is 13.5. The Bertz CT molecular complexity index is 1140. The minimum atomic E-state index is -1.59. The fourth-order valence-corrected chi connectivity index (χ4v) is 10.2. The molecule has 0 aromatic rings. The molecule has 39 heavy (non-hydrogen) atoms. The van der Waals surface area contributed by atoms with Crippen LogP contribution in [0.15, 0.2) is 12.2 Å². The number of hydrogen-bond acceptors (Lipinski definition) is 9. The molecule has 3 N–H and O–H groups in total. The molecule has 3 saturated carbocycles. The van der Waals surface area contributed by atoms with E-state index in [2.05, 4.69) is 6.92 Å². The van der Waals surface area contributed by atoms with Crippen LogP contribution in [0.2, 0.25) is 0 Å². The van der Waals surface area contributed by atoms with Crippen LogP contribution in [0.25, 0.3) is 0 Å². The average molecular weight is 547 g/mol. The van der Waals surface area contributed by atoms with Crippen molar-refractivity contribution in [1.29, 1.82) is 0 Å². The molecule has 14 atom stereocenters. The summed E-state index contributed by atoms with van der Waals surface area (Å²) in [6.07, 6.45) is 3.00. The van der Waals surface area contributed by atoms with Gasteiger partial charge in [0, 0.05) is 19.3 Å². The normalized spacial score (nSPS) is 55.4. The van der Waals surface area contributed by atoms with Gasteiger partial charge in [-0.15, -0.1) is 0 Å². The van der Waals surface area contributed by atoms with Gasteiger partial charge < -0.3 is 29.5 Å². The van der Waals surface area contributed by atoms with Gasteiger partial charge >= 0.3 is 11.9 Å². The van der Waals surface area contributed by atoms with Gasteiger partial charge in [0.15, 0.2) is 5.78 Å². The maximum absolute atomic E-state index is 13.5. The lowest BCUT2D eigenvalue weighted by Crippen LogP contribution is -2.65. The number of esters is 2. The van der Waals surface area contributed by atoms with Gasteiger partial charge in [-0.1, -0.05) is 6.92 Å². The quantitative estimate of drug-likeness (QED) is 0.358. The number of epoxide rings is 1. The van der Waals surface area contributed by atoms with Crippen LogP contribution in [0.4, 0.5) is 0 Å².